The summed E-state index contributed by atoms with van der Waals surface area (Å²) in [6.07, 6.45) is 3.90. The van der Waals surface area contributed by atoms with Crippen LogP contribution in [0.4, 0.5) is 0 Å². The number of unbranched alkanes of at least 4 members (excludes halogenated alkanes) is 2. The summed E-state index contributed by atoms with van der Waals surface area (Å²) in [5.74, 6) is -0.472. The second-order valence-electron chi connectivity index (χ2n) is 5.71. The van der Waals surface area contributed by atoms with Crippen molar-refractivity contribution in [3.8, 4) is 5.75 Å². The van der Waals surface area contributed by atoms with E-state index in [2.05, 4.69) is 6.92 Å². The molecule has 2 rings (SSSR count). The lowest BCUT2D eigenvalue weighted by molar-refractivity contribution is -0.138. The highest BCUT2D eigenvalue weighted by Crippen LogP contribution is 2.23. The van der Waals surface area contributed by atoms with Crippen LogP contribution < -0.4 is 4.74 Å². The molecule has 0 saturated carbocycles. The van der Waals surface area contributed by atoms with E-state index in [-0.39, 0.29) is 0 Å². The zero-order valence-electron chi connectivity index (χ0n) is 13.6. The average molecular weight is 312 g/mol. The lowest BCUT2D eigenvalue weighted by atomic mass is 9.92. The molecule has 0 aromatic heterocycles. The first-order chi connectivity index (χ1) is 11.2. The van der Waals surface area contributed by atoms with Gasteiger partial charge in [0, 0.05) is 0 Å². The van der Waals surface area contributed by atoms with Gasteiger partial charge in [-0.15, -0.1) is 0 Å². The van der Waals surface area contributed by atoms with Crippen LogP contribution in [0.15, 0.2) is 54.6 Å². The Kier molecular flexibility index (Phi) is 6.67. The summed E-state index contributed by atoms with van der Waals surface area (Å²) in [5, 5.41) is 9.48. The minimum Gasteiger partial charge on any atom is -0.494 e. The quantitative estimate of drug-likeness (QED) is 0.685. The summed E-state index contributed by atoms with van der Waals surface area (Å²) in [5.41, 5.74) is 1.84. The molecule has 2 aromatic carbocycles. The maximum absolute atomic E-state index is 11.5. The Balaban J connectivity index is 1.97. The molecule has 0 fully saturated rings. The Morgan fingerprint density at radius 3 is 2.35 bits per heavy atom. The fraction of sp³-hybridized carbons (Fsp3) is 0.350. The van der Waals surface area contributed by atoms with Crippen LogP contribution in [0.3, 0.4) is 0 Å². The van der Waals surface area contributed by atoms with Gasteiger partial charge in [0.05, 0.1) is 12.5 Å². The van der Waals surface area contributed by atoms with Crippen LogP contribution in [0.25, 0.3) is 0 Å². The maximum Gasteiger partial charge on any atom is 0.311 e. The molecular weight excluding hydrogens is 288 g/mol. The second kappa shape index (κ2) is 8.99. The molecule has 0 heterocycles. The van der Waals surface area contributed by atoms with Crippen molar-refractivity contribution in [2.24, 2.45) is 0 Å². The molecule has 3 nitrogen and oxygen atoms in total. The number of carbonyl (C=O) groups is 1. The lowest BCUT2D eigenvalue weighted by Crippen LogP contribution is -2.14. The van der Waals surface area contributed by atoms with Crippen molar-refractivity contribution >= 4 is 5.97 Å². The van der Waals surface area contributed by atoms with Crippen LogP contribution in [-0.4, -0.2) is 17.7 Å². The number of benzene rings is 2. The third-order valence-corrected chi connectivity index (χ3v) is 3.88. The van der Waals surface area contributed by atoms with Crippen LogP contribution in [0.5, 0.6) is 5.75 Å². The molecule has 0 radical (unpaired) electrons. The highest BCUT2D eigenvalue weighted by Gasteiger charge is 2.19. The van der Waals surface area contributed by atoms with Crippen molar-refractivity contribution in [3.05, 3.63) is 65.7 Å². The third kappa shape index (κ3) is 5.44. The minimum absolute atomic E-state index is 0.482. The van der Waals surface area contributed by atoms with Crippen molar-refractivity contribution in [2.75, 3.05) is 6.61 Å². The summed E-state index contributed by atoms with van der Waals surface area (Å²) in [7, 11) is 0. The minimum atomic E-state index is -0.795. The monoisotopic (exact) mass is 312 g/mol. The molecule has 0 saturated heterocycles. The Labute approximate surface area is 137 Å². The number of hydrogen-bond acceptors (Lipinski definition) is 2. The van der Waals surface area contributed by atoms with E-state index < -0.39 is 11.9 Å². The van der Waals surface area contributed by atoms with Crippen LogP contribution in [0.1, 0.15) is 43.2 Å². The first kappa shape index (κ1) is 17.1. The fourth-order valence-electron chi connectivity index (χ4n) is 2.53. The molecule has 3 heteroatoms. The van der Waals surface area contributed by atoms with Gasteiger partial charge >= 0.3 is 5.97 Å². The number of rotatable bonds is 9. The summed E-state index contributed by atoms with van der Waals surface area (Å²) in [4.78, 5) is 11.5. The molecule has 0 spiro atoms. The molecule has 1 N–H and O–H groups in total. The van der Waals surface area contributed by atoms with E-state index in [0.29, 0.717) is 6.42 Å². The van der Waals surface area contributed by atoms with Gasteiger partial charge in [-0.25, -0.2) is 0 Å². The normalized spacial score (nSPS) is 11.9. The summed E-state index contributed by atoms with van der Waals surface area (Å²) in [6.45, 7) is 2.90. The largest absolute Gasteiger partial charge is 0.494 e. The predicted molar refractivity (Wildman–Crippen MR) is 92.0 cm³/mol. The Bertz CT molecular complexity index is 590. The van der Waals surface area contributed by atoms with Gasteiger partial charge in [-0.3, -0.25) is 4.79 Å². The van der Waals surface area contributed by atoms with Gasteiger partial charge in [0.1, 0.15) is 5.75 Å². The zero-order chi connectivity index (χ0) is 16.5. The van der Waals surface area contributed by atoms with Gasteiger partial charge in [0.25, 0.3) is 0 Å². The zero-order valence-corrected chi connectivity index (χ0v) is 13.6. The first-order valence-corrected chi connectivity index (χ1v) is 8.20. The highest BCUT2D eigenvalue weighted by molar-refractivity contribution is 5.76. The number of hydrogen-bond donors (Lipinski definition) is 1. The predicted octanol–water partition coefficient (Wildman–Crippen LogP) is 4.67. The molecule has 0 aliphatic heterocycles. The van der Waals surface area contributed by atoms with Crippen molar-refractivity contribution in [1.82, 2.24) is 0 Å². The molecule has 2 aromatic rings. The average Bonchev–Trinajstić information content (AvgIpc) is 2.58. The van der Waals surface area contributed by atoms with E-state index in [1.807, 2.05) is 54.6 Å². The smallest absolute Gasteiger partial charge is 0.311 e. The molecule has 0 aliphatic rings. The van der Waals surface area contributed by atoms with E-state index >= 15 is 0 Å². The van der Waals surface area contributed by atoms with E-state index in [0.717, 1.165) is 29.9 Å². The van der Waals surface area contributed by atoms with Gasteiger partial charge in [-0.1, -0.05) is 62.2 Å². The summed E-state index contributed by atoms with van der Waals surface area (Å²) in [6, 6.07) is 17.1. The van der Waals surface area contributed by atoms with Gasteiger partial charge < -0.3 is 9.84 Å². The molecular formula is C20H24O3. The van der Waals surface area contributed by atoms with Gasteiger partial charge in [0.15, 0.2) is 0 Å². The Morgan fingerprint density at radius 1 is 1.04 bits per heavy atom. The van der Waals surface area contributed by atoms with Crippen molar-refractivity contribution in [3.63, 3.8) is 0 Å². The van der Waals surface area contributed by atoms with Gasteiger partial charge in [0.2, 0.25) is 0 Å². The topological polar surface area (TPSA) is 46.5 Å². The SMILES string of the molecule is CCCCCOc1ccc(CC(C(=O)O)c2ccccc2)cc1. The maximum atomic E-state index is 11.5. The van der Waals surface area contributed by atoms with Crippen LogP contribution in [-0.2, 0) is 11.2 Å². The lowest BCUT2D eigenvalue weighted by Gasteiger charge is -2.13. The highest BCUT2D eigenvalue weighted by atomic mass is 16.5. The standard InChI is InChI=1S/C20H24O3/c1-2-3-7-14-23-18-12-10-16(11-13-18)15-19(20(21)22)17-8-5-4-6-9-17/h4-6,8-13,19H,2-3,7,14-15H2,1H3,(H,21,22). The van der Waals surface area contributed by atoms with Crippen molar-refractivity contribution in [1.29, 1.82) is 0 Å². The van der Waals surface area contributed by atoms with E-state index in [1.54, 1.807) is 0 Å². The number of ether oxygens (including phenoxy) is 1. The van der Waals surface area contributed by atoms with Crippen LogP contribution >= 0.6 is 0 Å². The number of carboxylic acids is 1. The molecule has 0 aliphatic carbocycles. The first-order valence-electron chi connectivity index (χ1n) is 8.20. The van der Waals surface area contributed by atoms with Gasteiger partial charge in [-0.2, -0.15) is 0 Å². The molecule has 1 unspecified atom stereocenters. The van der Waals surface area contributed by atoms with Crippen molar-refractivity contribution in [2.45, 2.75) is 38.5 Å². The third-order valence-electron chi connectivity index (χ3n) is 3.88. The van der Waals surface area contributed by atoms with E-state index in [1.165, 1.54) is 12.8 Å². The van der Waals surface area contributed by atoms with Gasteiger partial charge in [-0.05, 0) is 36.1 Å². The molecule has 0 amide bonds. The molecule has 1 atom stereocenters. The van der Waals surface area contributed by atoms with Crippen molar-refractivity contribution < 1.29 is 14.6 Å². The molecule has 23 heavy (non-hydrogen) atoms. The summed E-state index contributed by atoms with van der Waals surface area (Å²) >= 11 is 0. The Hall–Kier alpha value is -2.29. The Morgan fingerprint density at radius 2 is 1.74 bits per heavy atom. The number of aliphatic carboxylic acids is 1. The second-order valence-corrected chi connectivity index (χ2v) is 5.71. The van der Waals surface area contributed by atoms with E-state index in [4.69, 9.17) is 4.74 Å². The molecule has 122 valence electrons. The van der Waals surface area contributed by atoms with E-state index in [9.17, 15) is 9.90 Å². The fourth-order valence-corrected chi connectivity index (χ4v) is 2.53. The number of carboxylic acid groups (broad SMARTS) is 1. The summed E-state index contributed by atoms with van der Waals surface area (Å²) < 4.78 is 5.68. The molecule has 0 bridgehead atoms. The van der Waals surface area contributed by atoms with Crippen LogP contribution in [0.2, 0.25) is 0 Å². The van der Waals surface area contributed by atoms with Crippen LogP contribution in [0, 0.1) is 0 Å².